The Morgan fingerprint density at radius 2 is 1.32 bits per heavy atom. The van der Waals surface area contributed by atoms with E-state index in [9.17, 15) is 0 Å². The van der Waals surface area contributed by atoms with Gasteiger partial charge >= 0.3 is 0 Å². The van der Waals surface area contributed by atoms with Gasteiger partial charge in [-0.15, -0.1) is 0 Å². The van der Waals surface area contributed by atoms with Crippen molar-refractivity contribution in [1.82, 2.24) is 10.6 Å². The molecular weight excluding hydrogens is 270 g/mol. The van der Waals surface area contributed by atoms with Crippen molar-refractivity contribution in [2.24, 2.45) is 29.6 Å². The van der Waals surface area contributed by atoms with Crippen molar-refractivity contribution in [2.75, 3.05) is 13.1 Å². The van der Waals surface area contributed by atoms with Crippen LogP contribution >= 0.6 is 0 Å². The standard InChI is InChI=1S/C19H33N3/c1-2-14-12-21-19(22-13-14)18-9-7-17(8-10-18)16-5-3-15(11-20)4-6-16/h14-19,21-22H,2-10,12-13H2,1H3. The van der Waals surface area contributed by atoms with Crippen LogP contribution in [-0.4, -0.2) is 19.3 Å². The van der Waals surface area contributed by atoms with Crippen LogP contribution in [-0.2, 0) is 0 Å². The van der Waals surface area contributed by atoms with Gasteiger partial charge in [-0.05, 0) is 75.0 Å². The normalized spacial score (nSPS) is 43.5. The molecule has 2 N–H and O–H groups in total. The van der Waals surface area contributed by atoms with Gasteiger partial charge in [0.25, 0.3) is 0 Å². The van der Waals surface area contributed by atoms with Crippen LogP contribution in [0, 0.1) is 40.9 Å². The summed E-state index contributed by atoms with van der Waals surface area (Å²) in [7, 11) is 0. The first kappa shape index (κ1) is 16.3. The molecule has 0 atom stereocenters. The molecule has 0 aromatic carbocycles. The Balaban J connectivity index is 1.40. The molecular formula is C19H33N3. The van der Waals surface area contributed by atoms with Crippen LogP contribution in [0.15, 0.2) is 0 Å². The van der Waals surface area contributed by atoms with Gasteiger partial charge in [0.2, 0.25) is 0 Å². The molecule has 1 aliphatic heterocycles. The zero-order chi connectivity index (χ0) is 15.4. The molecule has 2 saturated carbocycles. The van der Waals surface area contributed by atoms with E-state index in [-0.39, 0.29) is 0 Å². The topological polar surface area (TPSA) is 47.9 Å². The molecule has 3 aliphatic rings. The Bertz CT molecular complexity index is 365. The van der Waals surface area contributed by atoms with Crippen LogP contribution in [0.2, 0.25) is 0 Å². The molecule has 3 heteroatoms. The van der Waals surface area contributed by atoms with E-state index in [1.807, 2.05) is 0 Å². The molecule has 0 amide bonds. The monoisotopic (exact) mass is 303 g/mol. The molecule has 0 spiro atoms. The fourth-order valence-corrected chi connectivity index (χ4v) is 5.02. The van der Waals surface area contributed by atoms with E-state index in [2.05, 4.69) is 23.6 Å². The minimum atomic E-state index is 0.356. The van der Waals surface area contributed by atoms with Gasteiger partial charge in [-0.2, -0.15) is 5.26 Å². The van der Waals surface area contributed by atoms with Crippen molar-refractivity contribution >= 4 is 0 Å². The number of hydrogen-bond acceptors (Lipinski definition) is 3. The molecule has 1 heterocycles. The Kier molecular flexibility index (Phi) is 5.77. The number of nitrogens with one attached hydrogen (secondary N) is 2. The molecule has 0 aromatic rings. The summed E-state index contributed by atoms with van der Waals surface area (Å²) in [5.41, 5.74) is 0. The smallest absolute Gasteiger partial charge is 0.0655 e. The maximum Gasteiger partial charge on any atom is 0.0655 e. The molecule has 1 saturated heterocycles. The van der Waals surface area contributed by atoms with Crippen LogP contribution in [0.1, 0.15) is 64.7 Å². The first-order valence-corrected chi connectivity index (χ1v) is 9.66. The van der Waals surface area contributed by atoms with Crippen LogP contribution in [0.4, 0.5) is 0 Å². The van der Waals surface area contributed by atoms with Crippen molar-refractivity contribution in [1.29, 1.82) is 5.26 Å². The number of nitriles is 1. The second-order valence-electron chi connectivity index (χ2n) is 7.98. The predicted molar refractivity (Wildman–Crippen MR) is 90.1 cm³/mol. The van der Waals surface area contributed by atoms with Crippen LogP contribution < -0.4 is 10.6 Å². The summed E-state index contributed by atoms with van der Waals surface area (Å²) in [6.07, 6.45) is 12.4. The summed E-state index contributed by atoms with van der Waals surface area (Å²) < 4.78 is 0. The largest absolute Gasteiger partial charge is 0.301 e. The first-order chi connectivity index (χ1) is 10.8. The summed E-state index contributed by atoms with van der Waals surface area (Å²) in [6, 6.07) is 2.47. The van der Waals surface area contributed by atoms with Gasteiger partial charge in [0.05, 0.1) is 12.2 Å². The Hall–Kier alpha value is -0.590. The highest BCUT2D eigenvalue weighted by Crippen LogP contribution is 2.41. The fraction of sp³-hybridized carbons (Fsp3) is 0.947. The Morgan fingerprint density at radius 3 is 1.82 bits per heavy atom. The van der Waals surface area contributed by atoms with Crippen molar-refractivity contribution in [3.63, 3.8) is 0 Å². The van der Waals surface area contributed by atoms with E-state index in [1.54, 1.807) is 0 Å². The van der Waals surface area contributed by atoms with Gasteiger partial charge in [-0.25, -0.2) is 0 Å². The third-order valence-electron chi connectivity index (χ3n) is 6.74. The molecule has 3 rings (SSSR count). The van der Waals surface area contributed by atoms with Gasteiger partial charge in [0, 0.05) is 19.0 Å². The molecule has 0 radical (unpaired) electrons. The quantitative estimate of drug-likeness (QED) is 0.836. The third kappa shape index (κ3) is 3.84. The van der Waals surface area contributed by atoms with Gasteiger partial charge in [-0.1, -0.05) is 13.3 Å². The van der Waals surface area contributed by atoms with Crippen LogP contribution in [0.3, 0.4) is 0 Å². The first-order valence-electron chi connectivity index (χ1n) is 9.66. The maximum absolute atomic E-state index is 9.04. The molecule has 0 bridgehead atoms. The van der Waals surface area contributed by atoms with E-state index in [0.29, 0.717) is 12.1 Å². The van der Waals surface area contributed by atoms with Gasteiger partial charge < -0.3 is 10.6 Å². The molecule has 2 aliphatic carbocycles. The van der Waals surface area contributed by atoms with Crippen LogP contribution in [0.25, 0.3) is 0 Å². The summed E-state index contributed by atoms with van der Waals surface area (Å²) in [6.45, 7) is 4.69. The van der Waals surface area contributed by atoms with E-state index in [0.717, 1.165) is 36.5 Å². The molecule has 22 heavy (non-hydrogen) atoms. The minimum Gasteiger partial charge on any atom is -0.301 e. The van der Waals surface area contributed by atoms with Gasteiger partial charge in [-0.3, -0.25) is 0 Å². The van der Waals surface area contributed by atoms with Crippen molar-refractivity contribution in [3.05, 3.63) is 0 Å². The summed E-state index contributed by atoms with van der Waals surface area (Å²) >= 11 is 0. The number of rotatable bonds is 3. The highest BCUT2D eigenvalue weighted by molar-refractivity contribution is 4.91. The van der Waals surface area contributed by atoms with E-state index < -0.39 is 0 Å². The summed E-state index contributed by atoms with van der Waals surface area (Å²) in [5.74, 6) is 3.88. The maximum atomic E-state index is 9.04. The second kappa shape index (κ2) is 7.79. The van der Waals surface area contributed by atoms with Crippen molar-refractivity contribution < 1.29 is 0 Å². The molecule has 3 nitrogen and oxygen atoms in total. The Labute approximate surface area is 136 Å². The fourth-order valence-electron chi connectivity index (χ4n) is 5.02. The number of hydrogen-bond donors (Lipinski definition) is 2. The summed E-state index contributed by atoms with van der Waals surface area (Å²) in [5, 5.41) is 16.5. The molecule has 124 valence electrons. The zero-order valence-electron chi connectivity index (χ0n) is 14.2. The molecule has 0 unspecified atom stereocenters. The third-order valence-corrected chi connectivity index (χ3v) is 6.74. The average molecular weight is 303 g/mol. The zero-order valence-corrected chi connectivity index (χ0v) is 14.2. The average Bonchev–Trinajstić information content (AvgIpc) is 2.62. The lowest BCUT2D eigenvalue weighted by Gasteiger charge is -2.41. The predicted octanol–water partition coefficient (Wildman–Crippen LogP) is 3.67. The van der Waals surface area contributed by atoms with Gasteiger partial charge in [0.15, 0.2) is 0 Å². The highest BCUT2D eigenvalue weighted by Gasteiger charge is 2.34. The van der Waals surface area contributed by atoms with Gasteiger partial charge in [0.1, 0.15) is 0 Å². The lowest BCUT2D eigenvalue weighted by atomic mass is 9.69. The van der Waals surface area contributed by atoms with E-state index in [4.69, 9.17) is 5.26 Å². The lowest BCUT2D eigenvalue weighted by molar-refractivity contribution is 0.120. The second-order valence-corrected chi connectivity index (χ2v) is 7.98. The van der Waals surface area contributed by atoms with Crippen molar-refractivity contribution in [2.45, 2.75) is 70.9 Å². The summed E-state index contributed by atoms with van der Waals surface area (Å²) in [4.78, 5) is 0. The van der Waals surface area contributed by atoms with Crippen molar-refractivity contribution in [3.8, 4) is 6.07 Å². The van der Waals surface area contributed by atoms with E-state index >= 15 is 0 Å². The van der Waals surface area contributed by atoms with Crippen LogP contribution in [0.5, 0.6) is 0 Å². The number of nitrogens with zero attached hydrogens (tertiary/aromatic N) is 1. The molecule has 3 fully saturated rings. The minimum absolute atomic E-state index is 0.356. The molecule has 0 aromatic heterocycles. The highest BCUT2D eigenvalue weighted by atomic mass is 15.2. The SMILES string of the molecule is CCC1CNC(C2CCC(C3CCC(C#N)CC3)CC2)NC1. The lowest BCUT2D eigenvalue weighted by Crippen LogP contribution is -2.56. The Morgan fingerprint density at radius 1 is 0.818 bits per heavy atom. The van der Waals surface area contributed by atoms with E-state index in [1.165, 1.54) is 58.0 Å².